The summed E-state index contributed by atoms with van der Waals surface area (Å²) in [4.78, 5) is 25.0. The van der Waals surface area contributed by atoms with Crippen LogP contribution in [0.3, 0.4) is 0 Å². The van der Waals surface area contributed by atoms with Crippen LogP contribution in [0.5, 0.6) is 0 Å². The van der Waals surface area contributed by atoms with Gasteiger partial charge in [0.25, 0.3) is 0 Å². The summed E-state index contributed by atoms with van der Waals surface area (Å²) in [6.07, 6.45) is -0.390. The van der Waals surface area contributed by atoms with E-state index in [0.29, 0.717) is 19.7 Å². The lowest BCUT2D eigenvalue weighted by molar-refractivity contribution is -0.146. The van der Waals surface area contributed by atoms with Crippen molar-refractivity contribution >= 4 is 12.1 Å². The molecule has 1 atom stereocenters. The van der Waals surface area contributed by atoms with Crippen molar-refractivity contribution in [3.8, 4) is 0 Å². The van der Waals surface area contributed by atoms with Crippen LogP contribution in [0.25, 0.3) is 0 Å². The highest BCUT2D eigenvalue weighted by molar-refractivity contribution is 5.77. The molecular formula is C12H22N2O4. The van der Waals surface area contributed by atoms with Crippen molar-refractivity contribution in [1.82, 2.24) is 10.2 Å². The van der Waals surface area contributed by atoms with Crippen LogP contribution in [-0.4, -0.2) is 54.8 Å². The molecule has 6 nitrogen and oxygen atoms in total. The lowest BCUT2D eigenvalue weighted by atomic mass is 10.2. The number of rotatable bonds is 2. The van der Waals surface area contributed by atoms with Crippen LogP contribution in [0.1, 0.15) is 27.7 Å². The molecule has 1 N–H and O–H groups in total. The van der Waals surface area contributed by atoms with Crippen molar-refractivity contribution < 1.29 is 19.1 Å². The van der Waals surface area contributed by atoms with Gasteiger partial charge in [0.05, 0.1) is 13.2 Å². The first kappa shape index (κ1) is 14.8. The Morgan fingerprint density at radius 3 is 2.61 bits per heavy atom. The first-order chi connectivity index (χ1) is 8.33. The minimum absolute atomic E-state index is 0.285. The molecule has 0 unspecified atom stereocenters. The van der Waals surface area contributed by atoms with Gasteiger partial charge < -0.3 is 19.7 Å². The van der Waals surface area contributed by atoms with E-state index in [4.69, 9.17) is 9.47 Å². The fourth-order valence-electron chi connectivity index (χ4n) is 1.64. The second-order valence-electron chi connectivity index (χ2n) is 5.19. The van der Waals surface area contributed by atoms with E-state index in [1.807, 2.05) is 20.8 Å². The Balaban J connectivity index is 2.53. The van der Waals surface area contributed by atoms with Gasteiger partial charge in [-0.3, -0.25) is 4.79 Å². The number of hydrogen-bond donors (Lipinski definition) is 1. The molecule has 0 aromatic rings. The third-order valence-corrected chi connectivity index (χ3v) is 2.40. The minimum Gasteiger partial charge on any atom is -0.465 e. The lowest BCUT2D eigenvalue weighted by Crippen LogP contribution is -2.56. The van der Waals surface area contributed by atoms with E-state index in [1.54, 1.807) is 6.92 Å². The third-order valence-electron chi connectivity index (χ3n) is 2.40. The molecule has 104 valence electrons. The Bertz CT molecular complexity index is 312. The number of esters is 1. The second kappa shape index (κ2) is 6.04. The molecule has 0 saturated carbocycles. The van der Waals surface area contributed by atoms with E-state index < -0.39 is 17.7 Å². The standard InChI is InChI=1S/C12H22N2O4/c1-5-17-10(15)9-8-14(7-6-13-9)11(16)18-12(2,3)4/h9,13H,5-8H2,1-4H3/t9-/m0/s1. The van der Waals surface area contributed by atoms with E-state index in [-0.39, 0.29) is 12.5 Å². The number of ether oxygens (including phenoxy) is 2. The Labute approximate surface area is 108 Å². The van der Waals surface area contributed by atoms with E-state index in [0.717, 1.165) is 0 Å². The number of amides is 1. The molecule has 1 amide bonds. The van der Waals surface area contributed by atoms with Crippen LogP contribution in [-0.2, 0) is 14.3 Å². The quantitative estimate of drug-likeness (QED) is 0.741. The molecule has 0 aliphatic carbocycles. The summed E-state index contributed by atoms with van der Waals surface area (Å²) in [6, 6.07) is -0.466. The highest BCUT2D eigenvalue weighted by Crippen LogP contribution is 2.11. The summed E-state index contributed by atoms with van der Waals surface area (Å²) in [5.74, 6) is -0.328. The van der Waals surface area contributed by atoms with Crippen LogP contribution >= 0.6 is 0 Å². The molecule has 18 heavy (non-hydrogen) atoms. The Hall–Kier alpha value is -1.30. The van der Waals surface area contributed by atoms with Crippen molar-refractivity contribution in [1.29, 1.82) is 0 Å². The monoisotopic (exact) mass is 258 g/mol. The van der Waals surface area contributed by atoms with Gasteiger partial charge in [0, 0.05) is 13.1 Å². The van der Waals surface area contributed by atoms with Crippen LogP contribution in [0.4, 0.5) is 4.79 Å². The Morgan fingerprint density at radius 1 is 1.39 bits per heavy atom. The van der Waals surface area contributed by atoms with Gasteiger partial charge in [0.2, 0.25) is 0 Å². The molecule has 1 fully saturated rings. The maximum Gasteiger partial charge on any atom is 0.410 e. The van der Waals surface area contributed by atoms with Crippen LogP contribution in [0, 0.1) is 0 Å². The van der Waals surface area contributed by atoms with Crippen molar-refractivity contribution in [3.63, 3.8) is 0 Å². The average molecular weight is 258 g/mol. The van der Waals surface area contributed by atoms with Crippen molar-refractivity contribution in [2.75, 3.05) is 26.2 Å². The second-order valence-corrected chi connectivity index (χ2v) is 5.19. The molecule has 1 aliphatic heterocycles. The van der Waals surface area contributed by atoms with E-state index in [9.17, 15) is 9.59 Å². The number of hydrogen-bond acceptors (Lipinski definition) is 5. The predicted molar refractivity (Wildman–Crippen MR) is 66.2 cm³/mol. The minimum atomic E-state index is -0.526. The first-order valence-corrected chi connectivity index (χ1v) is 6.21. The smallest absolute Gasteiger partial charge is 0.410 e. The highest BCUT2D eigenvalue weighted by atomic mass is 16.6. The number of nitrogens with zero attached hydrogens (tertiary/aromatic N) is 1. The maximum atomic E-state index is 11.9. The van der Waals surface area contributed by atoms with Crippen LogP contribution < -0.4 is 5.32 Å². The molecule has 0 radical (unpaired) electrons. The fourth-order valence-corrected chi connectivity index (χ4v) is 1.64. The number of carbonyl (C=O) groups is 2. The zero-order valence-corrected chi connectivity index (χ0v) is 11.5. The van der Waals surface area contributed by atoms with Crippen molar-refractivity contribution in [2.24, 2.45) is 0 Å². The zero-order chi connectivity index (χ0) is 13.8. The molecule has 6 heteroatoms. The fraction of sp³-hybridized carbons (Fsp3) is 0.833. The third kappa shape index (κ3) is 4.52. The van der Waals surface area contributed by atoms with Gasteiger partial charge in [-0.15, -0.1) is 0 Å². The van der Waals surface area contributed by atoms with Crippen LogP contribution in [0.2, 0.25) is 0 Å². The molecule has 0 aromatic heterocycles. The first-order valence-electron chi connectivity index (χ1n) is 6.21. The summed E-state index contributed by atoms with van der Waals surface area (Å²) >= 11 is 0. The van der Waals surface area contributed by atoms with Crippen LogP contribution in [0.15, 0.2) is 0 Å². The van der Waals surface area contributed by atoms with Gasteiger partial charge in [-0.2, -0.15) is 0 Å². The molecule has 0 spiro atoms. The van der Waals surface area contributed by atoms with Gasteiger partial charge in [-0.1, -0.05) is 0 Å². The Morgan fingerprint density at radius 2 is 2.06 bits per heavy atom. The summed E-state index contributed by atoms with van der Waals surface area (Å²) < 4.78 is 10.2. The van der Waals surface area contributed by atoms with Gasteiger partial charge in [0.1, 0.15) is 11.6 Å². The van der Waals surface area contributed by atoms with Crippen molar-refractivity contribution in [2.45, 2.75) is 39.3 Å². The van der Waals surface area contributed by atoms with E-state index >= 15 is 0 Å². The summed E-state index contributed by atoms with van der Waals surface area (Å²) in [5.41, 5.74) is -0.526. The number of piperazine rings is 1. The molecular weight excluding hydrogens is 236 g/mol. The maximum absolute atomic E-state index is 11.9. The van der Waals surface area contributed by atoms with Gasteiger partial charge >= 0.3 is 12.1 Å². The van der Waals surface area contributed by atoms with Gasteiger partial charge in [-0.05, 0) is 27.7 Å². The summed E-state index contributed by atoms with van der Waals surface area (Å²) in [7, 11) is 0. The molecule has 1 heterocycles. The van der Waals surface area contributed by atoms with Crippen molar-refractivity contribution in [3.05, 3.63) is 0 Å². The van der Waals surface area contributed by atoms with E-state index in [2.05, 4.69) is 5.32 Å². The number of nitrogens with one attached hydrogen (secondary N) is 1. The molecule has 1 saturated heterocycles. The highest BCUT2D eigenvalue weighted by Gasteiger charge is 2.31. The normalized spacial score (nSPS) is 20.4. The molecule has 0 aromatic carbocycles. The molecule has 1 rings (SSSR count). The average Bonchev–Trinajstić information content (AvgIpc) is 2.27. The molecule has 0 bridgehead atoms. The van der Waals surface area contributed by atoms with Gasteiger partial charge in [-0.25, -0.2) is 4.79 Å². The van der Waals surface area contributed by atoms with E-state index in [1.165, 1.54) is 4.90 Å². The summed E-state index contributed by atoms with van der Waals surface area (Å²) in [6.45, 7) is 8.92. The topological polar surface area (TPSA) is 67.9 Å². The lowest BCUT2D eigenvalue weighted by Gasteiger charge is -2.33. The predicted octanol–water partition coefficient (Wildman–Crippen LogP) is 0.758. The molecule has 1 aliphatic rings. The SMILES string of the molecule is CCOC(=O)[C@@H]1CN(C(=O)OC(C)(C)C)CCN1. The summed E-state index contributed by atoms with van der Waals surface area (Å²) in [5, 5.41) is 3.03. The number of carbonyl (C=O) groups excluding carboxylic acids is 2. The zero-order valence-electron chi connectivity index (χ0n) is 11.5. The Kier molecular flexibility index (Phi) is 4.95. The van der Waals surface area contributed by atoms with Gasteiger partial charge in [0.15, 0.2) is 0 Å². The largest absolute Gasteiger partial charge is 0.465 e.